The first-order chi connectivity index (χ1) is 13.3. The summed E-state index contributed by atoms with van der Waals surface area (Å²) in [7, 11) is 0. The Hall–Kier alpha value is -3.28. The van der Waals surface area contributed by atoms with Crippen molar-refractivity contribution in [1.82, 2.24) is 19.9 Å². The van der Waals surface area contributed by atoms with E-state index in [9.17, 15) is 4.79 Å². The Morgan fingerprint density at radius 3 is 2.74 bits per heavy atom. The predicted octanol–water partition coefficient (Wildman–Crippen LogP) is 3.68. The highest BCUT2D eigenvalue weighted by Crippen LogP contribution is 2.28. The molecule has 1 amide bonds. The molecule has 6 heteroatoms. The molecule has 3 heterocycles. The number of rotatable bonds is 4. The SMILES string of the molecule is O=C(c1cccnc1)N1CCC[C@H](c2cncc(Oc3ccccc3)n2)C1. The van der Waals surface area contributed by atoms with E-state index in [2.05, 4.69) is 15.0 Å². The van der Waals surface area contributed by atoms with Crippen LogP contribution in [0.1, 0.15) is 34.8 Å². The molecule has 27 heavy (non-hydrogen) atoms. The second kappa shape index (κ2) is 7.95. The van der Waals surface area contributed by atoms with Crippen molar-refractivity contribution >= 4 is 5.91 Å². The maximum Gasteiger partial charge on any atom is 0.255 e. The molecule has 0 saturated carbocycles. The molecule has 0 N–H and O–H groups in total. The van der Waals surface area contributed by atoms with Gasteiger partial charge in [0.2, 0.25) is 5.88 Å². The lowest BCUT2D eigenvalue weighted by molar-refractivity contribution is 0.0705. The van der Waals surface area contributed by atoms with E-state index >= 15 is 0 Å². The number of carbonyl (C=O) groups is 1. The molecule has 1 fully saturated rings. The van der Waals surface area contributed by atoms with E-state index in [0.717, 1.165) is 30.8 Å². The summed E-state index contributed by atoms with van der Waals surface area (Å²) in [6.45, 7) is 1.37. The van der Waals surface area contributed by atoms with Crippen LogP contribution in [0.2, 0.25) is 0 Å². The second-order valence-electron chi connectivity index (χ2n) is 6.53. The maximum absolute atomic E-state index is 12.7. The zero-order valence-electron chi connectivity index (χ0n) is 14.9. The van der Waals surface area contributed by atoms with Gasteiger partial charge in [0.05, 0.1) is 17.5 Å². The normalized spacial score (nSPS) is 16.7. The summed E-state index contributed by atoms with van der Waals surface area (Å²) in [5.74, 6) is 1.35. The lowest BCUT2D eigenvalue weighted by atomic mass is 9.94. The van der Waals surface area contributed by atoms with Gasteiger partial charge in [0.15, 0.2) is 0 Å². The number of hydrogen-bond donors (Lipinski definition) is 0. The van der Waals surface area contributed by atoms with Gasteiger partial charge < -0.3 is 9.64 Å². The van der Waals surface area contributed by atoms with Crippen molar-refractivity contribution in [3.05, 3.63) is 78.5 Å². The fraction of sp³-hybridized carbons (Fsp3) is 0.238. The van der Waals surface area contributed by atoms with Gasteiger partial charge in [-0.25, -0.2) is 4.98 Å². The molecule has 4 rings (SSSR count). The van der Waals surface area contributed by atoms with E-state index in [4.69, 9.17) is 4.74 Å². The molecular formula is C21H20N4O2. The second-order valence-corrected chi connectivity index (χ2v) is 6.53. The van der Waals surface area contributed by atoms with Gasteiger partial charge in [0.25, 0.3) is 5.91 Å². The first-order valence-corrected chi connectivity index (χ1v) is 9.04. The van der Waals surface area contributed by atoms with Crippen LogP contribution < -0.4 is 4.74 Å². The summed E-state index contributed by atoms with van der Waals surface area (Å²) in [6, 6.07) is 13.1. The van der Waals surface area contributed by atoms with Gasteiger partial charge in [-0.05, 0) is 37.1 Å². The third-order valence-electron chi connectivity index (χ3n) is 4.63. The van der Waals surface area contributed by atoms with Crippen molar-refractivity contribution in [2.45, 2.75) is 18.8 Å². The molecule has 2 aromatic heterocycles. The highest BCUT2D eigenvalue weighted by Gasteiger charge is 2.26. The Morgan fingerprint density at radius 1 is 1.04 bits per heavy atom. The number of carbonyl (C=O) groups excluding carboxylic acids is 1. The molecule has 0 radical (unpaired) electrons. The smallest absolute Gasteiger partial charge is 0.255 e. The lowest BCUT2D eigenvalue weighted by Gasteiger charge is -2.32. The third kappa shape index (κ3) is 4.11. The van der Waals surface area contributed by atoms with Crippen LogP contribution in [-0.4, -0.2) is 38.8 Å². The Bertz CT molecular complexity index is 902. The molecule has 0 spiro atoms. The Balaban J connectivity index is 1.48. The highest BCUT2D eigenvalue weighted by atomic mass is 16.5. The first-order valence-electron chi connectivity index (χ1n) is 9.04. The molecule has 136 valence electrons. The van der Waals surface area contributed by atoms with Gasteiger partial charge in [-0.2, -0.15) is 0 Å². The molecule has 0 unspecified atom stereocenters. The number of amides is 1. The van der Waals surface area contributed by atoms with Crippen LogP contribution in [0.25, 0.3) is 0 Å². The van der Waals surface area contributed by atoms with Crippen molar-refractivity contribution in [2.24, 2.45) is 0 Å². The van der Waals surface area contributed by atoms with Crippen molar-refractivity contribution in [1.29, 1.82) is 0 Å². The fourth-order valence-corrected chi connectivity index (χ4v) is 3.29. The molecule has 1 saturated heterocycles. The van der Waals surface area contributed by atoms with Crippen LogP contribution in [0.15, 0.2) is 67.3 Å². The van der Waals surface area contributed by atoms with Crippen LogP contribution in [0.5, 0.6) is 11.6 Å². The van der Waals surface area contributed by atoms with Crippen LogP contribution in [0.4, 0.5) is 0 Å². The molecule has 1 aliphatic rings. The summed E-state index contributed by atoms with van der Waals surface area (Å²) < 4.78 is 5.79. The summed E-state index contributed by atoms with van der Waals surface area (Å²) in [4.78, 5) is 27.5. The minimum Gasteiger partial charge on any atom is -0.437 e. The van der Waals surface area contributed by atoms with E-state index in [1.165, 1.54) is 0 Å². The summed E-state index contributed by atoms with van der Waals surface area (Å²) in [5, 5.41) is 0. The topological polar surface area (TPSA) is 68.2 Å². The monoisotopic (exact) mass is 360 g/mol. The number of aromatic nitrogens is 3. The number of hydrogen-bond acceptors (Lipinski definition) is 5. The van der Waals surface area contributed by atoms with Crippen LogP contribution >= 0.6 is 0 Å². The number of para-hydroxylation sites is 1. The minimum absolute atomic E-state index is 0.0115. The zero-order chi connectivity index (χ0) is 18.5. The Labute approximate surface area is 157 Å². The number of pyridine rings is 1. The van der Waals surface area contributed by atoms with Crippen molar-refractivity contribution in [3.8, 4) is 11.6 Å². The average Bonchev–Trinajstić information content (AvgIpc) is 2.75. The van der Waals surface area contributed by atoms with Gasteiger partial charge >= 0.3 is 0 Å². The summed E-state index contributed by atoms with van der Waals surface area (Å²) in [6.07, 6.45) is 8.56. The van der Waals surface area contributed by atoms with Crippen molar-refractivity contribution < 1.29 is 9.53 Å². The van der Waals surface area contributed by atoms with Crippen LogP contribution in [-0.2, 0) is 0 Å². The van der Waals surface area contributed by atoms with E-state index in [0.29, 0.717) is 18.0 Å². The van der Waals surface area contributed by atoms with E-state index in [1.54, 1.807) is 36.9 Å². The Morgan fingerprint density at radius 2 is 1.93 bits per heavy atom. The number of nitrogens with zero attached hydrogens (tertiary/aromatic N) is 4. The van der Waals surface area contributed by atoms with Gasteiger partial charge in [-0.3, -0.25) is 14.8 Å². The van der Waals surface area contributed by atoms with Crippen molar-refractivity contribution in [2.75, 3.05) is 13.1 Å². The number of ether oxygens (including phenoxy) is 1. The molecule has 6 nitrogen and oxygen atoms in total. The number of piperidine rings is 1. The fourth-order valence-electron chi connectivity index (χ4n) is 3.29. The molecule has 1 atom stereocenters. The van der Waals surface area contributed by atoms with Gasteiger partial charge in [0, 0.05) is 37.6 Å². The summed E-state index contributed by atoms with van der Waals surface area (Å²) >= 11 is 0. The lowest BCUT2D eigenvalue weighted by Crippen LogP contribution is -2.39. The van der Waals surface area contributed by atoms with Gasteiger partial charge in [0.1, 0.15) is 5.75 Å². The molecule has 1 aromatic carbocycles. The molecular weight excluding hydrogens is 340 g/mol. The molecule has 3 aromatic rings. The highest BCUT2D eigenvalue weighted by molar-refractivity contribution is 5.94. The zero-order valence-corrected chi connectivity index (χ0v) is 14.9. The first kappa shape index (κ1) is 17.1. The van der Waals surface area contributed by atoms with Crippen LogP contribution in [0.3, 0.4) is 0 Å². The maximum atomic E-state index is 12.7. The van der Waals surface area contributed by atoms with Gasteiger partial charge in [-0.1, -0.05) is 18.2 Å². The van der Waals surface area contributed by atoms with Crippen LogP contribution in [0, 0.1) is 0 Å². The van der Waals surface area contributed by atoms with Gasteiger partial charge in [-0.15, -0.1) is 0 Å². The quantitative estimate of drug-likeness (QED) is 0.710. The minimum atomic E-state index is 0.0115. The van der Waals surface area contributed by atoms with E-state index in [-0.39, 0.29) is 11.8 Å². The predicted molar refractivity (Wildman–Crippen MR) is 101 cm³/mol. The van der Waals surface area contributed by atoms with Crippen molar-refractivity contribution in [3.63, 3.8) is 0 Å². The molecule has 1 aliphatic heterocycles. The Kier molecular flexibility index (Phi) is 5.05. The molecule has 0 aliphatic carbocycles. The van der Waals surface area contributed by atoms with E-state index in [1.807, 2.05) is 35.2 Å². The third-order valence-corrected chi connectivity index (χ3v) is 4.63. The molecule has 0 bridgehead atoms. The number of benzene rings is 1. The van der Waals surface area contributed by atoms with E-state index < -0.39 is 0 Å². The summed E-state index contributed by atoms with van der Waals surface area (Å²) in [5.41, 5.74) is 1.47. The number of likely N-dealkylation sites (tertiary alicyclic amines) is 1. The average molecular weight is 360 g/mol. The largest absolute Gasteiger partial charge is 0.437 e. The standard InChI is InChI=1S/C21H20N4O2/c26-21(16-6-4-10-22-12-16)25-11-5-7-17(15-25)19-13-23-14-20(24-19)27-18-8-2-1-3-9-18/h1-4,6,8-10,12-14,17H,5,7,11,15H2/t17-/m0/s1.